The van der Waals surface area contributed by atoms with Crippen molar-refractivity contribution in [3.8, 4) is 0 Å². The molecule has 0 aliphatic heterocycles. The van der Waals surface area contributed by atoms with Crippen LogP contribution in [-0.4, -0.2) is 17.3 Å². The molecule has 2 aliphatic rings. The van der Waals surface area contributed by atoms with Gasteiger partial charge in [-0.1, -0.05) is 20.8 Å². The molecular weight excluding hydrogens is 180 g/mol. The average Bonchev–Trinajstić information content (AvgIpc) is 2.36. The van der Waals surface area contributed by atoms with Crippen LogP contribution in [0.2, 0.25) is 0 Å². The highest BCUT2D eigenvalue weighted by atomic mass is 32.2. The van der Waals surface area contributed by atoms with E-state index in [4.69, 9.17) is 0 Å². The molecule has 2 heteroatoms. The third-order valence-electron chi connectivity index (χ3n) is 4.73. The van der Waals surface area contributed by atoms with Crippen LogP contribution in [0.3, 0.4) is 0 Å². The van der Waals surface area contributed by atoms with Gasteiger partial charge in [-0.15, -0.1) is 0 Å². The van der Waals surface area contributed by atoms with Crippen LogP contribution in [0.25, 0.3) is 0 Å². The molecule has 2 aliphatic carbocycles. The Morgan fingerprint density at radius 3 is 2.31 bits per heavy atom. The molecule has 0 aromatic carbocycles. The predicted octanol–water partition coefficient (Wildman–Crippen LogP) is 2.74. The van der Waals surface area contributed by atoms with E-state index < -0.39 is 0 Å². The molecule has 0 saturated heterocycles. The molecule has 3 atom stereocenters. The summed E-state index contributed by atoms with van der Waals surface area (Å²) in [5, 5.41) is 0.286. The Morgan fingerprint density at radius 2 is 2.00 bits per heavy atom. The van der Waals surface area contributed by atoms with E-state index >= 15 is 0 Å². The summed E-state index contributed by atoms with van der Waals surface area (Å²) in [7, 11) is 0. The molecule has 2 fully saturated rings. The predicted molar refractivity (Wildman–Crippen MR) is 56.9 cm³/mol. The number of thioether (sulfide) groups is 1. The van der Waals surface area contributed by atoms with Crippen molar-refractivity contribution < 1.29 is 4.79 Å². The lowest BCUT2D eigenvalue weighted by Crippen LogP contribution is -2.34. The largest absolute Gasteiger partial charge is 0.298 e. The van der Waals surface area contributed by atoms with Crippen LogP contribution in [0.5, 0.6) is 0 Å². The van der Waals surface area contributed by atoms with Crippen molar-refractivity contribution in [1.82, 2.24) is 0 Å². The summed E-state index contributed by atoms with van der Waals surface area (Å²) in [6.45, 7) is 6.73. The van der Waals surface area contributed by atoms with E-state index in [1.54, 1.807) is 11.8 Å². The van der Waals surface area contributed by atoms with Crippen LogP contribution in [-0.2, 0) is 4.79 Å². The van der Waals surface area contributed by atoms with Crippen LogP contribution >= 0.6 is 11.8 Å². The summed E-state index contributed by atoms with van der Waals surface area (Å²) in [4.78, 5) is 12.1. The Morgan fingerprint density at radius 1 is 1.38 bits per heavy atom. The first kappa shape index (κ1) is 9.57. The number of fused-ring (bicyclic) bond motifs is 2. The maximum atomic E-state index is 12.1. The summed E-state index contributed by atoms with van der Waals surface area (Å²) < 4.78 is 0. The van der Waals surface area contributed by atoms with Gasteiger partial charge in [0.2, 0.25) is 0 Å². The fraction of sp³-hybridized carbons (Fsp3) is 0.909. The molecule has 0 spiro atoms. The first-order valence-electron chi connectivity index (χ1n) is 5.02. The Bertz CT molecular complexity index is 259. The molecule has 0 amide bonds. The summed E-state index contributed by atoms with van der Waals surface area (Å²) in [6.07, 6.45) is 4.43. The van der Waals surface area contributed by atoms with Gasteiger partial charge >= 0.3 is 0 Å². The van der Waals surface area contributed by atoms with Gasteiger partial charge in [0, 0.05) is 5.41 Å². The molecule has 13 heavy (non-hydrogen) atoms. The highest BCUT2D eigenvalue weighted by molar-refractivity contribution is 8.00. The van der Waals surface area contributed by atoms with Gasteiger partial charge in [0.25, 0.3) is 0 Å². The van der Waals surface area contributed by atoms with Gasteiger partial charge in [-0.3, -0.25) is 4.79 Å². The fourth-order valence-electron chi connectivity index (χ4n) is 3.27. The van der Waals surface area contributed by atoms with Crippen molar-refractivity contribution in [2.75, 3.05) is 6.26 Å². The normalized spacial score (nSPS) is 47.2. The molecular formula is C11H18OS. The second-order valence-electron chi connectivity index (χ2n) is 5.22. The zero-order valence-electron chi connectivity index (χ0n) is 8.89. The van der Waals surface area contributed by atoms with E-state index in [-0.39, 0.29) is 16.1 Å². The maximum Gasteiger partial charge on any atom is 0.152 e. The van der Waals surface area contributed by atoms with Crippen molar-refractivity contribution in [1.29, 1.82) is 0 Å². The number of ketones is 1. The van der Waals surface area contributed by atoms with Crippen molar-refractivity contribution in [2.24, 2.45) is 16.7 Å². The minimum absolute atomic E-state index is 0.0225. The first-order valence-corrected chi connectivity index (χ1v) is 6.31. The second kappa shape index (κ2) is 2.53. The lowest BCUT2D eigenvalue weighted by atomic mass is 9.70. The molecule has 0 aromatic heterocycles. The molecule has 0 N–H and O–H groups in total. The Hall–Kier alpha value is 0.0200. The average molecular weight is 198 g/mol. The van der Waals surface area contributed by atoms with E-state index in [0.717, 1.165) is 6.42 Å². The molecule has 0 heterocycles. The van der Waals surface area contributed by atoms with Crippen LogP contribution in [0, 0.1) is 16.7 Å². The van der Waals surface area contributed by atoms with Gasteiger partial charge in [0.15, 0.2) is 5.78 Å². The molecule has 2 bridgehead atoms. The number of rotatable bonds is 1. The minimum atomic E-state index is -0.0225. The van der Waals surface area contributed by atoms with E-state index in [2.05, 4.69) is 27.0 Å². The first-order chi connectivity index (χ1) is 5.95. The molecule has 1 nitrogen and oxygen atoms in total. The molecule has 0 aromatic rings. The molecule has 74 valence electrons. The Kier molecular flexibility index (Phi) is 1.86. The summed E-state index contributed by atoms with van der Waals surface area (Å²) in [5.74, 6) is 1.14. The fourth-order valence-corrected chi connectivity index (χ4v) is 4.55. The topological polar surface area (TPSA) is 17.1 Å². The van der Waals surface area contributed by atoms with Crippen molar-refractivity contribution in [3.63, 3.8) is 0 Å². The third kappa shape index (κ3) is 0.881. The smallest absolute Gasteiger partial charge is 0.152 e. The SMILES string of the molecule is CSC1C(=O)C2(C)CCC1C2(C)C. The molecule has 2 rings (SSSR count). The van der Waals surface area contributed by atoms with Crippen molar-refractivity contribution in [2.45, 2.75) is 38.9 Å². The summed E-state index contributed by atoms with van der Waals surface area (Å²) in [5.41, 5.74) is 0.211. The van der Waals surface area contributed by atoms with Gasteiger partial charge in [-0.05, 0) is 30.4 Å². The lowest BCUT2D eigenvalue weighted by Gasteiger charge is -2.32. The lowest BCUT2D eigenvalue weighted by molar-refractivity contribution is -0.127. The van der Waals surface area contributed by atoms with E-state index in [1.807, 2.05) is 0 Å². The number of carbonyl (C=O) groups excluding carboxylic acids is 1. The third-order valence-corrected chi connectivity index (χ3v) is 5.78. The van der Waals surface area contributed by atoms with E-state index in [9.17, 15) is 4.79 Å². The highest BCUT2D eigenvalue weighted by Crippen LogP contribution is 2.65. The quantitative estimate of drug-likeness (QED) is 0.644. The Labute approximate surface area is 84.7 Å². The number of hydrogen-bond donors (Lipinski definition) is 0. The molecule has 2 saturated carbocycles. The molecule has 3 unspecified atom stereocenters. The van der Waals surface area contributed by atoms with E-state index in [0.29, 0.717) is 11.7 Å². The van der Waals surface area contributed by atoms with Gasteiger partial charge in [0.1, 0.15) is 0 Å². The number of hydrogen-bond acceptors (Lipinski definition) is 2. The van der Waals surface area contributed by atoms with Gasteiger partial charge in [-0.2, -0.15) is 11.8 Å². The second-order valence-corrected chi connectivity index (χ2v) is 6.20. The van der Waals surface area contributed by atoms with Gasteiger partial charge in [-0.25, -0.2) is 0 Å². The number of carbonyl (C=O) groups is 1. The molecule has 0 radical (unpaired) electrons. The van der Waals surface area contributed by atoms with Crippen molar-refractivity contribution >= 4 is 17.5 Å². The minimum Gasteiger partial charge on any atom is -0.298 e. The summed E-state index contributed by atoms with van der Waals surface area (Å²) >= 11 is 1.75. The number of Topliss-reactive ketones (excluding diaryl/α,β-unsaturated/α-hetero) is 1. The Balaban J connectivity index is 2.44. The van der Waals surface area contributed by atoms with Crippen LogP contribution < -0.4 is 0 Å². The highest BCUT2D eigenvalue weighted by Gasteiger charge is 2.65. The monoisotopic (exact) mass is 198 g/mol. The van der Waals surface area contributed by atoms with Crippen molar-refractivity contribution in [3.05, 3.63) is 0 Å². The van der Waals surface area contributed by atoms with Crippen LogP contribution in [0.1, 0.15) is 33.6 Å². The standard InChI is InChI=1S/C11H18OS/c1-10(2)7-5-6-11(10,3)9(12)8(7)13-4/h7-8H,5-6H2,1-4H3. The van der Waals surface area contributed by atoms with Gasteiger partial charge in [0.05, 0.1) is 5.25 Å². The van der Waals surface area contributed by atoms with E-state index in [1.165, 1.54) is 6.42 Å². The van der Waals surface area contributed by atoms with Crippen LogP contribution in [0.15, 0.2) is 0 Å². The van der Waals surface area contributed by atoms with Crippen LogP contribution in [0.4, 0.5) is 0 Å². The maximum absolute atomic E-state index is 12.1. The van der Waals surface area contributed by atoms with Gasteiger partial charge < -0.3 is 0 Å². The summed E-state index contributed by atoms with van der Waals surface area (Å²) in [6, 6.07) is 0. The zero-order valence-corrected chi connectivity index (χ0v) is 9.70. The zero-order chi connectivity index (χ0) is 9.85.